The highest BCUT2D eigenvalue weighted by Crippen LogP contribution is 2.29. The second-order valence-electron chi connectivity index (χ2n) is 8.05. The predicted molar refractivity (Wildman–Crippen MR) is 126 cm³/mol. The van der Waals surface area contributed by atoms with Crippen LogP contribution in [0.3, 0.4) is 0 Å². The van der Waals surface area contributed by atoms with Gasteiger partial charge in [0, 0.05) is 37.0 Å². The van der Waals surface area contributed by atoms with Crippen LogP contribution in [0.5, 0.6) is 0 Å². The predicted octanol–water partition coefficient (Wildman–Crippen LogP) is 2.33. The van der Waals surface area contributed by atoms with Crippen molar-refractivity contribution in [3.8, 4) is 22.6 Å². The normalized spacial score (nSPS) is 15.9. The van der Waals surface area contributed by atoms with Gasteiger partial charge in [0.2, 0.25) is 5.82 Å². The average Bonchev–Trinajstić information content (AvgIpc) is 3.44. The third-order valence-corrected chi connectivity index (χ3v) is 5.82. The van der Waals surface area contributed by atoms with Crippen LogP contribution in [0.2, 0.25) is 0 Å². The molecule has 4 rings (SSSR count). The number of hydrogen-bond donors (Lipinski definition) is 1. The summed E-state index contributed by atoms with van der Waals surface area (Å²) < 4.78 is 20.4. The lowest BCUT2D eigenvalue weighted by atomic mass is 10.1. The van der Waals surface area contributed by atoms with Crippen molar-refractivity contribution >= 4 is 11.8 Å². The minimum Gasteiger partial charge on any atom is -0.443 e. The number of nitrogens with one attached hydrogen (secondary N) is 1. The number of cyclic esters (lactones) is 1. The summed E-state index contributed by atoms with van der Waals surface area (Å²) in [6.07, 6.45) is 0.817. The van der Waals surface area contributed by atoms with Crippen LogP contribution in [-0.2, 0) is 11.8 Å². The van der Waals surface area contributed by atoms with Gasteiger partial charge in [0.1, 0.15) is 17.6 Å². The van der Waals surface area contributed by atoms with Gasteiger partial charge in [0.15, 0.2) is 0 Å². The summed E-state index contributed by atoms with van der Waals surface area (Å²) in [7, 11) is 1.67. The van der Waals surface area contributed by atoms with Crippen LogP contribution in [0.25, 0.3) is 22.6 Å². The molecule has 34 heavy (non-hydrogen) atoms. The van der Waals surface area contributed by atoms with Crippen molar-refractivity contribution in [2.45, 2.75) is 20.0 Å². The number of pyridine rings is 1. The summed E-state index contributed by atoms with van der Waals surface area (Å²) in [4.78, 5) is 21.8. The molecule has 1 aliphatic heterocycles. The highest BCUT2D eigenvalue weighted by molar-refractivity contribution is 5.90. The van der Waals surface area contributed by atoms with E-state index >= 15 is 0 Å². The van der Waals surface area contributed by atoms with E-state index in [0.29, 0.717) is 41.4 Å². The van der Waals surface area contributed by atoms with Gasteiger partial charge >= 0.3 is 6.09 Å². The zero-order valence-electron chi connectivity index (χ0n) is 19.6. The van der Waals surface area contributed by atoms with E-state index in [0.717, 1.165) is 26.2 Å². The summed E-state index contributed by atoms with van der Waals surface area (Å²) >= 11 is 0. The fraction of sp³-hybridized carbons (Fsp3) is 0.435. The maximum Gasteiger partial charge on any atom is 0.414 e. The van der Waals surface area contributed by atoms with E-state index in [1.165, 1.54) is 15.8 Å². The van der Waals surface area contributed by atoms with Crippen molar-refractivity contribution in [3.05, 3.63) is 42.3 Å². The second-order valence-corrected chi connectivity index (χ2v) is 8.05. The third-order valence-electron chi connectivity index (χ3n) is 5.82. The maximum absolute atomic E-state index is 15.0. The van der Waals surface area contributed by atoms with Crippen LogP contribution < -0.4 is 10.2 Å². The largest absolute Gasteiger partial charge is 0.443 e. The lowest BCUT2D eigenvalue weighted by Crippen LogP contribution is -2.36. The fourth-order valence-electron chi connectivity index (χ4n) is 3.86. The fourth-order valence-corrected chi connectivity index (χ4v) is 3.86. The lowest BCUT2D eigenvalue weighted by Gasteiger charge is -2.18. The van der Waals surface area contributed by atoms with Crippen molar-refractivity contribution in [1.82, 2.24) is 35.4 Å². The Balaban J connectivity index is 1.37. The first-order valence-electron chi connectivity index (χ1n) is 11.4. The SMILES string of the molecule is CCN(CC)CCNC[C@H]1CN(c2ccc(-c3ccc(-c4nnn(C)n4)nc3)c(F)c2)C(=O)O1. The van der Waals surface area contributed by atoms with Crippen molar-refractivity contribution in [3.63, 3.8) is 0 Å². The second kappa shape index (κ2) is 10.7. The molecule has 1 saturated heterocycles. The molecule has 1 fully saturated rings. The van der Waals surface area contributed by atoms with Crippen molar-refractivity contribution < 1.29 is 13.9 Å². The average molecular weight is 469 g/mol. The molecule has 0 unspecified atom stereocenters. The topological polar surface area (TPSA) is 101 Å². The van der Waals surface area contributed by atoms with Gasteiger partial charge in [0.05, 0.1) is 19.3 Å². The maximum atomic E-state index is 15.0. The van der Waals surface area contributed by atoms with Crippen molar-refractivity contribution in [2.24, 2.45) is 7.05 Å². The van der Waals surface area contributed by atoms with Gasteiger partial charge in [-0.3, -0.25) is 9.88 Å². The highest BCUT2D eigenvalue weighted by atomic mass is 19.1. The van der Waals surface area contributed by atoms with Crippen molar-refractivity contribution in [1.29, 1.82) is 0 Å². The number of nitrogens with zero attached hydrogens (tertiary/aromatic N) is 7. The zero-order valence-corrected chi connectivity index (χ0v) is 19.6. The lowest BCUT2D eigenvalue weighted by molar-refractivity contribution is 0.139. The van der Waals surface area contributed by atoms with Crippen LogP contribution in [0, 0.1) is 5.82 Å². The van der Waals surface area contributed by atoms with Gasteiger partial charge < -0.3 is 15.0 Å². The Morgan fingerprint density at radius 3 is 2.71 bits per heavy atom. The molecular formula is C23H29FN8O2. The number of hydrogen-bond acceptors (Lipinski definition) is 8. The molecule has 180 valence electrons. The summed E-state index contributed by atoms with van der Waals surface area (Å²) in [5, 5.41) is 15.2. The summed E-state index contributed by atoms with van der Waals surface area (Å²) in [5.41, 5.74) is 2.00. The van der Waals surface area contributed by atoms with E-state index in [1.54, 1.807) is 37.5 Å². The summed E-state index contributed by atoms with van der Waals surface area (Å²) in [6, 6.07) is 8.18. The molecule has 0 radical (unpaired) electrons. The Kier molecular flexibility index (Phi) is 7.43. The summed E-state index contributed by atoms with van der Waals surface area (Å²) in [6.45, 7) is 8.96. The smallest absolute Gasteiger partial charge is 0.414 e. The molecule has 1 atom stereocenters. The van der Waals surface area contributed by atoms with Crippen LogP contribution in [0.1, 0.15) is 13.8 Å². The molecule has 0 aliphatic carbocycles. The van der Waals surface area contributed by atoms with E-state index < -0.39 is 11.9 Å². The van der Waals surface area contributed by atoms with Gasteiger partial charge in [-0.15, -0.1) is 10.2 Å². The van der Waals surface area contributed by atoms with E-state index in [2.05, 4.69) is 44.5 Å². The Labute approximate surface area is 197 Å². The van der Waals surface area contributed by atoms with Crippen LogP contribution >= 0.6 is 0 Å². The number of likely N-dealkylation sites (N-methyl/N-ethyl adjacent to an activating group) is 1. The molecule has 1 aliphatic rings. The Bertz CT molecular complexity index is 1120. The first kappa shape index (κ1) is 23.7. The van der Waals surface area contributed by atoms with Gasteiger partial charge in [-0.1, -0.05) is 19.9 Å². The summed E-state index contributed by atoms with van der Waals surface area (Å²) in [5.74, 6) is -0.0483. The molecule has 11 heteroatoms. The van der Waals surface area contributed by atoms with E-state index in [1.807, 2.05) is 0 Å². The highest BCUT2D eigenvalue weighted by Gasteiger charge is 2.32. The quantitative estimate of drug-likeness (QED) is 0.453. The number of amides is 1. The first-order valence-corrected chi connectivity index (χ1v) is 11.4. The minimum atomic E-state index is -0.467. The number of ether oxygens (including phenoxy) is 1. The molecular weight excluding hydrogens is 439 g/mol. The third kappa shape index (κ3) is 5.37. The number of anilines is 1. The van der Waals surface area contributed by atoms with Gasteiger partial charge in [-0.2, -0.15) is 4.80 Å². The Morgan fingerprint density at radius 2 is 2.06 bits per heavy atom. The number of aromatic nitrogens is 5. The van der Waals surface area contributed by atoms with Gasteiger partial charge in [-0.25, -0.2) is 9.18 Å². The molecule has 2 aromatic heterocycles. The molecule has 0 spiro atoms. The molecule has 1 N–H and O–H groups in total. The van der Waals surface area contributed by atoms with E-state index in [9.17, 15) is 9.18 Å². The van der Waals surface area contributed by atoms with Crippen LogP contribution in [0.4, 0.5) is 14.9 Å². The first-order chi connectivity index (χ1) is 16.5. The van der Waals surface area contributed by atoms with Crippen molar-refractivity contribution in [2.75, 3.05) is 44.2 Å². The number of rotatable bonds is 10. The molecule has 10 nitrogen and oxygen atoms in total. The molecule has 0 saturated carbocycles. The van der Waals surface area contributed by atoms with Gasteiger partial charge in [-0.05, 0) is 42.6 Å². The number of carbonyl (C=O) groups is 1. The number of carbonyl (C=O) groups excluding carboxylic acids is 1. The standard InChI is InChI=1S/C23H29FN8O2/c1-4-31(5-2)11-10-25-14-18-15-32(23(33)34-18)17-7-8-19(20(24)12-17)16-6-9-21(26-13-16)22-27-29-30(3)28-22/h6-9,12-13,18,25H,4-5,10-11,14-15H2,1-3H3/t18-/m0/s1. The van der Waals surface area contributed by atoms with Gasteiger partial charge in [0.25, 0.3) is 0 Å². The Morgan fingerprint density at radius 1 is 1.24 bits per heavy atom. The minimum absolute atomic E-state index is 0.279. The number of aryl methyl sites for hydroxylation is 1. The molecule has 1 aromatic carbocycles. The number of benzene rings is 1. The van der Waals surface area contributed by atoms with Crippen LogP contribution in [0.15, 0.2) is 36.5 Å². The van der Waals surface area contributed by atoms with E-state index in [4.69, 9.17) is 4.74 Å². The zero-order chi connectivity index (χ0) is 24.1. The molecule has 1 amide bonds. The number of halogens is 1. The molecule has 3 heterocycles. The van der Waals surface area contributed by atoms with Crippen LogP contribution in [-0.4, -0.2) is 81.6 Å². The molecule has 0 bridgehead atoms. The molecule has 3 aromatic rings. The van der Waals surface area contributed by atoms with E-state index in [-0.39, 0.29) is 6.10 Å². The number of tetrazole rings is 1. The Hall–Kier alpha value is -3.44. The monoisotopic (exact) mass is 468 g/mol.